The summed E-state index contributed by atoms with van der Waals surface area (Å²) >= 11 is 0. The zero-order valence-corrected chi connectivity index (χ0v) is 11.7. The fourth-order valence-electron chi connectivity index (χ4n) is 1.96. The second kappa shape index (κ2) is 7.62. The SMILES string of the molecule is COCCN(c1ccc(C#N)c(N)c1)C(C)COC. The van der Waals surface area contributed by atoms with Crippen LogP contribution in [0.4, 0.5) is 11.4 Å². The molecule has 0 saturated carbocycles. The number of nitrogens with zero attached hydrogens (tertiary/aromatic N) is 2. The van der Waals surface area contributed by atoms with Gasteiger partial charge in [0.15, 0.2) is 0 Å². The summed E-state index contributed by atoms with van der Waals surface area (Å²) < 4.78 is 10.3. The highest BCUT2D eigenvalue weighted by atomic mass is 16.5. The maximum absolute atomic E-state index is 8.90. The number of nitrogen functional groups attached to an aromatic ring is 1. The van der Waals surface area contributed by atoms with E-state index < -0.39 is 0 Å². The molecule has 1 rings (SSSR count). The minimum absolute atomic E-state index is 0.201. The molecular formula is C14H21N3O2. The Morgan fingerprint density at radius 3 is 2.63 bits per heavy atom. The fourth-order valence-corrected chi connectivity index (χ4v) is 1.96. The number of anilines is 2. The number of hydrogen-bond donors (Lipinski definition) is 1. The molecule has 1 aromatic carbocycles. The molecule has 0 saturated heterocycles. The van der Waals surface area contributed by atoms with Gasteiger partial charge in [-0.05, 0) is 25.1 Å². The molecule has 1 atom stereocenters. The first-order chi connectivity index (χ1) is 9.13. The van der Waals surface area contributed by atoms with Crippen molar-refractivity contribution in [2.24, 2.45) is 0 Å². The lowest BCUT2D eigenvalue weighted by molar-refractivity contribution is 0.171. The van der Waals surface area contributed by atoms with E-state index >= 15 is 0 Å². The Kier molecular flexibility index (Phi) is 6.13. The maximum atomic E-state index is 8.90. The van der Waals surface area contributed by atoms with Crippen LogP contribution in [0, 0.1) is 11.3 Å². The van der Waals surface area contributed by atoms with E-state index in [0.29, 0.717) is 24.5 Å². The van der Waals surface area contributed by atoms with Crippen molar-refractivity contribution in [3.8, 4) is 6.07 Å². The molecule has 0 aliphatic carbocycles. The van der Waals surface area contributed by atoms with Crippen molar-refractivity contribution < 1.29 is 9.47 Å². The van der Waals surface area contributed by atoms with Crippen LogP contribution in [0.15, 0.2) is 18.2 Å². The number of nitrogens with two attached hydrogens (primary N) is 1. The van der Waals surface area contributed by atoms with Gasteiger partial charge in [-0.3, -0.25) is 0 Å². The second-order valence-corrected chi connectivity index (χ2v) is 4.37. The molecule has 0 amide bonds. The topological polar surface area (TPSA) is 71.5 Å². The molecule has 1 unspecified atom stereocenters. The molecule has 0 heterocycles. The van der Waals surface area contributed by atoms with Crippen molar-refractivity contribution in [1.82, 2.24) is 0 Å². The van der Waals surface area contributed by atoms with E-state index in [4.69, 9.17) is 20.5 Å². The summed E-state index contributed by atoms with van der Waals surface area (Å²) in [6, 6.07) is 7.73. The van der Waals surface area contributed by atoms with Gasteiger partial charge in [-0.1, -0.05) is 0 Å². The maximum Gasteiger partial charge on any atom is 0.101 e. The van der Waals surface area contributed by atoms with Crippen LogP contribution in [0.2, 0.25) is 0 Å². The molecule has 0 fully saturated rings. The van der Waals surface area contributed by atoms with Gasteiger partial charge < -0.3 is 20.1 Å². The molecular weight excluding hydrogens is 242 g/mol. The number of methoxy groups -OCH3 is 2. The third kappa shape index (κ3) is 4.12. The molecule has 1 aromatic rings. The Balaban J connectivity index is 2.96. The zero-order valence-electron chi connectivity index (χ0n) is 11.7. The van der Waals surface area contributed by atoms with Crippen LogP contribution in [-0.2, 0) is 9.47 Å². The number of rotatable bonds is 7. The van der Waals surface area contributed by atoms with E-state index in [2.05, 4.69) is 17.9 Å². The molecule has 104 valence electrons. The summed E-state index contributed by atoms with van der Waals surface area (Å²) in [5.74, 6) is 0. The molecule has 19 heavy (non-hydrogen) atoms. The molecule has 2 N–H and O–H groups in total. The highest BCUT2D eigenvalue weighted by Crippen LogP contribution is 2.22. The van der Waals surface area contributed by atoms with Gasteiger partial charge in [0, 0.05) is 32.5 Å². The largest absolute Gasteiger partial charge is 0.398 e. The minimum atomic E-state index is 0.201. The van der Waals surface area contributed by atoms with Crippen molar-refractivity contribution in [3.63, 3.8) is 0 Å². The highest BCUT2D eigenvalue weighted by molar-refractivity contribution is 5.63. The average Bonchev–Trinajstić information content (AvgIpc) is 2.39. The molecule has 0 spiro atoms. The first kappa shape index (κ1) is 15.3. The molecule has 0 radical (unpaired) electrons. The predicted octanol–water partition coefficient (Wildman–Crippen LogP) is 1.63. The van der Waals surface area contributed by atoms with Crippen LogP contribution in [0.3, 0.4) is 0 Å². The van der Waals surface area contributed by atoms with E-state index in [-0.39, 0.29) is 6.04 Å². The Hall–Kier alpha value is -1.77. The third-order valence-corrected chi connectivity index (χ3v) is 2.96. The Labute approximate surface area is 114 Å². The predicted molar refractivity (Wildman–Crippen MR) is 76.1 cm³/mol. The number of ether oxygens (including phenoxy) is 2. The van der Waals surface area contributed by atoms with E-state index in [0.717, 1.165) is 12.2 Å². The number of nitriles is 1. The minimum Gasteiger partial charge on any atom is -0.398 e. The molecule has 0 aromatic heterocycles. The number of hydrogen-bond acceptors (Lipinski definition) is 5. The van der Waals surface area contributed by atoms with E-state index in [1.807, 2.05) is 12.1 Å². The van der Waals surface area contributed by atoms with Crippen LogP contribution in [0.5, 0.6) is 0 Å². The summed E-state index contributed by atoms with van der Waals surface area (Å²) in [4.78, 5) is 2.16. The lowest BCUT2D eigenvalue weighted by Crippen LogP contribution is -2.38. The van der Waals surface area contributed by atoms with Gasteiger partial charge in [-0.2, -0.15) is 5.26 Å². The van der Waals surface area contributed by atoms with Gasteiger partial charge in [0.05, 0.1) is 24.5 Å². The monoisotopic (exact) mass is 263 g/mol. The van der Waals surface area contributed by atoms with Gasteiger partial charge in [-0.25, -0.2) is 0 Å². The fraction of sp³-hybridized carbons (Fsp3) is 0.500. The van der Waals surface area contributed by atoms with Gasteiger partial charge >= 0.3 is 0 Å². The summed E-state index contributed by atoms with van der Waals surface area (Å²) in [6.07, 6.45) is 0. The second-order valence-electron chi connectivity index (χ2n) is 4.37. The van der Waals surface area contributed by atoms with Crippen LogP contribution < -0.4 is 10.6 Å². The Bertz CT molecular complexity index is 443. The Morgan fingerprint density at radius 2 is 2.11 bits per heavy atom. The third-order valence-electron chi connectivity index (χ3n) is 2.96. The van der Waals surface area contributed by atoms with Crippen molar-refractivity contribution in [1.29, 1.82) is 5.26 Å². The molecule has 0 bridgehead atoms. The van der Waals surface area contributed by atoms with Crippen LogP contribution in [-0.4, -0.2) is 40.0 Å². The lowest BCUT2D eigenvalue weighted by Gasteiger charge is -2.31. The summed E-state index contributed by atoms with van der Waals surface area (Å²) in [5.41, 5.74) is 7.82. The van der Waals surface area contributed by atoms with Gasteiger partial charge in [0.1, 0.15) is 6.07 Å². The van der Waals surface area contributed by atoms with Crippen LogP contribution in [0.1, 0.15) is 12.5 Å². The summed E-state index contributed by atoms with van der Waals surface area (Å²) in [7, 11) is 3.35. The summed E-state index contributed by atoms with van der Waals surface area (Å²) in [5, 5.41) is 8.90. The smallest absolute Gasteiger partial charge is 0.101 e. The van der Waals surface area contributed by atoms with Crippen LogP contribution in [0.25, 0.3) is 0 Å². The van der Waals surface area contributed by atoms with Crippen molar-refractivity contribution in [2.75, 3.05) is 44.6 Å². The Morgan fingerprint density at radius 1 is 1.37 bits per heavy atom. The summed E-state index contributed by atoms with van der Waals surface area (Å²) in [6.45, 7) is 4.05. The highest BCUT2D eigenvalue weighted by Gasteiger charge is 2.15. The quantitative estimate of drug-likeness (QED) is 0.757. The van der Waals surface area contributed by atoms with Gasteiger partial charge in [0.2, 0.25) is 0 Å². The van der Waals surface area contributed by atoms with E-state index in [1.165, 1.54) is 0 Å². The first-order valence-corrected chi connectivity index (χ1v) is 6.18. The van der Waals surface area contributed by atoms with Gasteiger partial charge in [0.25, 0.3) is 0 Å². The lowest BCUT2D eigenvalue weighted by atomic mass is 10.1. The molecule has 0 aliphatic heterocycles. The van der Waals surface area contributed by atoms with Crippen molar-refractivity contribution in [2.45, 2.75) is 13.0 Å². The first-order valence-electron chi connectivity index (χ1n) is 6.18. The standard InChI is InChI=1S/C14H21N3O2/c1-11(10-19-3)17(6-7-18-2)13-5-4-12(9-15)14(16)8-13/h4-5,8,11H,6-7,10,16H2,1-3H3. The number of benzene rings is 1. The van der Waals surface area contributed by atoms with Crippen molar-refractivity contribution >= 4 is 11.4 Å². The van der Waals surface area contributed by atoms with Crippen molar-refractivity contribution in [3.05, 3.63) is 23.8 Å². The van der Waals surface area contributed by atoms with Gasteiger partial charge in [-0.15, -0.1) is 0 Å². The van der Waals surface area contributed by atoms with Crippen LogP contribution >= 0.6 is 0 Å². The average molecular weight is 263 g/mol. The van der Waals surface area contributed by atoms with E-state index in [1.54, 1.807) is 20.3 Å². The zero-order chi connectivity index (χ0) is 14.3. The normalized spacial score (nSPS) is 11.9. The molecule has 5 nitrogen and oxygen atoms in total. The molecule has 5 heteroatoms. The molecule has 0 aliphatic rings. The van der Waals surface area contributed by atoms with E-state index in [9.17, 15) is 0 Å².